The van der Waals surface area contributed by atoms with Gasteiger partial charge in [-0.2, -0.15) is 0 Å². The van der Waals surface area contributed by atoms with Crippen LogP contribution in [0.1, 0.15) is 45.4 Å². The molecule has 0 heterocycles. The molecule has 0 spiro atoms. The molecule has 2 nitrogen and oxygen atoms in total. The Hall–Kier alpha value is -0.0500. The maximum atomic E-state index is 11.5. The minimum absolute atomic E-state index is 0.138. The van der Waals surface area contributed by atoms with Crippen molar-refractivity contribution in [2.24, 2.45) is 16.7 Å². The second-order valence-corrected chi connectivity index (χ2v) is 8.24. The van der Waals surface area contributed by atoms with Crippen molar-refractivity contribution in [1.29, 1.82) is 0 Å². The molecule has 0 aromatic heterocycles. The normalized spacial score (nSPS) is 57.1. The lowest BCUT2D eigenvalue weighted by molar-refractivity contribution is -0.169. The van der Waals surface area contributed by atoms with Crippen LogP contribution in [0.5, 0.6) is 0 Å². The average Bonchev–Trinajstić information content (AvgIpc) is 1.95. The highest BCUT2D eigenvalue weighted by Gasteiger charge is 2.63. The summed E-state index contributed by atoms with van der Waals surface area (Å²) in [5.41, 5.74) is -0.126. The summed E-state index contributed by atoms with van der Waals surface area (Å²) in [4.78, 5) is 11.5. The van der Waals surface area contributed by atoms with Crippen LogP contribution in [0.15, 0.2) is 0 Å². The van der Waals surface area contributed by atoms with E-state index in [1.165, 1.54) is 19.3 Å². The van der Waals surface area contributed by atoms with Gasteiger partial charge in [0.25, 0.3) is 0 Å². The van der Waals surface area contributed by atoms with E-state index in [0.717, 1.165) is 19.3 Å². The molecule has 1 N–H and O–H groups in total. The summed E-state index contributed by atoms with van der Waals surface area (Å²) >= 11 is 3.83. The van der Waals surface area contributed by atoms with Crippen LogP contribution in [0.2, 0.25) is 0 Å². The number of carboxylic acids is 1. The molecular formula is C12H17BrO2. The first-order valence-corrected chi connectivity index (χ1v) is 6.57. The third-order valence-electron chi connectivity index (χ3n) is 4.73. The second kappa shape index (κ2) is 2.61. The Morgan fingerprint density at radius 3 is 2.53 bits per heavy atom. The van der Waals surface area contributed by atoms with Crippen molar-refractivity contribution in [3.8, 4) is 0 Å². The van der Waals surface area contributed by atoms with Gasteiger partial charge in [0, 0.05) is 4.32 Å². The summed E-state index contributed by atoms with van der Waals surface area (Å²) in [6.45, 7) is 2.28. The molecule has 0 amide bonds. The fraction of sp³-hybridized carbons (Fsp3) is 0.917. The number of halogens is 1. The quantitative estimate of drug-likeness (QED) is 0.745. The molecule has 4 atom stereocenters. The molecule has 0 aliphatic heterocycles. The maximum Gasteiger partial charge on any atom is 0.309 e. The zero-order chi connectivity index (χ0) is 10.9. The molecule has 4 aliphatic carbocycles. The number of alkyl halides is 1. The Morgan fingerprint density at radius 2 is 2.00 bits per heavy atom. The van der Waals surface area contributed by atoms with Gasteiger partial charge in [-0.3, -0.25) is 4.79 Å². The van der Waals surface area contributed by atoms with E-state index in [4.69, 9.17) is 0 Å². The molecule has 4 bridgehead atoms. The zero-order valence-corrected chi connectivity index (χ0v) is 10.6. The molecular weight excluding hydrogens is 256 g/mol. The van der Waals surface area contributed by atoms with Gasteiger partial charge in [0.05, 0.1) is 5.41 Å². The van der Waals surface area contributed by atoms with Crippen LogP contribution in [-0.4, -0.2) is 15.4 Å². The Balaban J connectivity index is 2.05. The molecule has 3 heteroatoms. The van der Waals surface area contributed by atoms with E-state index in [2.05, 4.69) is 22.9 Å². The first-order chi connectivity index (χ1) is 6.85. The van der Waals surface area contributed by atoms with Crippen molar-refractivity contribution < 1.29 is 9.90 Å². The van der Waals surface area contributed by atoms with Crippen molar-refractivity contribution in [1.82, 2.24) is 0 Å². The zero-order valence-electron chi connectivity index (χ0n) is 9.05. The van der Waals surface area contributed by atoms with E-state index in [0.29, 0.717) is 5.92 Å². The van der Waals surface area contributed by atoms with Crippen LogP contribution in [0.4, 0.5) is 0 Å². The van der Waals surface area contributed by atoms with Crippen molar-refractivity contribution in [2.75, 3.05) is 0 Å². The third kappa shape index (κ3) is 1.31. The van der Waals surface area contributed by atoms with Crippen molar-refractivity contribution in [3.05, 3.63) is 0 Å². The fourth-order valence-electron chi connectivity index (χ4n) is 5.03. The van der Waals surface area contributed by atoms with Crippen LogP contribution in [-0.2, 0) is 4.79 Å². The highest BCUT2D eigenvalue weighted by Crippen LogP contribution is 2.68. The molecule has 0 saturated heterocycles. The third-order valence-corrected chi connectivity index (χ3v) is 5.62. The Morgan fingerprint density at radius 1 is 1.27 bits per heavy atom. The number of aliphatic carboxylic acids is 1. The lowest BCUT2D eigenvalue weighted by Crippen LogP contribution is -2.59. The van der Waals surface area contributed by atoms with E-state index in [-0.39, 0.29) is 9.74 Å². The van der Waals surface area contributed by atoms with Gasteiger partial charge >= 0.3 is 5.97 Å². The Labute approximate surface area is 98.6 Å². The van der Waals surface area contributed by atoms with Crippen LogP contribution in [0, 0.1) is 16.7 Å². The number of hydrogen-bond donors (Lipinski definition) is 1. The van der Waals surface area contributed by atoms with E-state index in [9.17, 15) is 9.90 Å². The molecule has 0 radical (unpaired) electrons. The summed E-state index contributed by atoms with van der Waals surface area (Å²) in [6, 6.07) is 0. The molecule has 0 unspecified atom stereocenters. The predicted molar refractivity (Wildman–Crippen MR) is 61.0 cm³/mol. The van der Waals surface area contributed by atoms with E-state index < -0.39 is 11.4 Å². The average molecular weight is 273 g/mol. The highest BCUT2D eigenvalue weighted by atomic mass is 79.9. The smallest absolute Gasteiger partial charge is 0.309 e. The topological polar surface area (TPSA) is 37.3 Å². The SMILES string of the molecule is C[C@@]12C[C@H]3C[C@@](Br)(C1)C[C@@](C(=O)O)(C3)C2. The minimum atomic E-state index is -0.554. The van der Waals surface area contributed by atoms with Crippen LogP contribution in [0.25, 0.3) is 0 Å². The van der Waals surface area contributed by atoms with Crippen LogP contribution in [0.3, 0.4) is 0 Å². The second-order valence-electron chi connectivity index (χ2n) is 6.56. The number of rotatable bonds is 1. The van der Waals surface area contributed by atoms with Gasteiger partial charge in [0.2, 0.25) is 0 Å². The largest absolute Gasteiger partial charge is 0.481 e. The summed E-state index contributed by atoms with van der Waals surface area (Å²) < 4.78 is 0.138. The van der Waals surface area contributed by atoms with Crippen LogP contribution < -0.4 is 0 Å². The first-order valence-electron chi connectivity index (χ1n) is 5.77. The van der Waals surface area contributed by atoms with Crippen molar-refractivity contribution >= 4 is 21.9 Å². The molecule has 4 fully saturated rings. The van der Waals surface area contributed by atoms with Gasteiger partial charge in [0.1, 0.15) is 0 Å². The Bertz CT molecular complexity index is 321. The number of hydrogen-bond acceptors (Lipinski definition) is 1. The minimum Gasteiger partial charge on any atom is -0.481 e. The van der Waals surface area contributed by atoms with Gasteiger partial charge < -0.3 is 5.11 Å². The number of carbonyl (C=O) groups is 1. The first kappa shape index (κ1) is 10.1. The van der Waals surface area contributed by atoms with Crippen molar-refractivity contribution in [2.45, 2.75) is 49.8 Å². The van der Waals surface area contributed by atoms with Gasteiger partial charge in [-0.15, -0.1) is 0 Å². The molecule has 0 aromatic rings. The molecule has 0 aromatic carbocycles. The van der Waals surface area contributed by atoms with Gasteiger partial charge in [-0.1, -0.05) is 22.9 Å². The highest BCUT2D eigenvalue weighted by molar-refractivity contribution is 9.10. The predicted octanol–water partition coefficient (Wildman–Crippen LogP) is 3.20. The van der Waals surface area contributed by atoms with E-state index in [1.54, 1.807) is 0 Å². The standard InChI is InChI=1S/C12H17BrO2/c1-10-2-8-3-11(5-10,9(14)15)7-12(13,4-8)6-10/h8H,2-7H2,1H3,(H,14,15)/t8-,10+,11-,12-/m1/s1. The van der Waals surface area contributed by atoms with Gasteiger partial charge in [0.15, 0.2) is 0 Å². The van der Waals surface area contributed by atoms with Crippen molar-refractivity contribution in [3.63, 3.8) is 0 Å². The summed E-state index contributed by atoms with van der Waals surface area (Å²) in [6.07, 6.45) is 6.28. The summed E-state index contributed by atoms with van der Waals surface area (Å²) in [5, 5.41) is 9.49. The molecule has 15 heavy (non-hydrogen) atoms. The van der Waals surface area contributed by atoms with E-state index >= 15 is 0 Å². The molecule has 4 aliphatic rings. The maximum absolute atomic E-state index is 11.5. The van der Waals surface area contributed by atoms with Crippen LogP contribution >= 0.6 is 15.9 Å². The molecule has 4 saturated carbocycles. The Kier molecular flexibility index (Phi) is 1.76. The monoisotopic (exact) mass is 272 g/mol. The van der Waals surface area contributed by atoms with E-state index in [1.807, 2.05) is 0 Å². The molecule has 4 rings (SSSR count). The van der Waals surface area contributed by atoms with Gasteiger partial charge in [-0.05, 0) is 49.9 Å². The lowest BCUT2D eigenvalue weighted by Gasteiger charge is -2.62. The summed E-state index contributed by atoms with van der Waals surface area (Å²) in [7, 11) is 0. The summed E-state index contributed by atoms with van der Waals surface area (Å²) in [5.74, 6) is 0.0865. The van der Waals surface area contributed by atoms with Gasteiger partial charge in [-0.25, -0.2) is 0 Å². The fourth-order valence-corrected chi connectivity index (χ4v) is 6.70. The molecule has 84 valence electrons. The number of carboxylic acid groups (broad SMARTS) is 1. The lowest BCUT2D eigenvalue weighted by atomic mass is 9.44.